The van der Waals surface area contributed by atoms with Crippen LogP contribution in [0.1, 0.15) is 33.1 Å². The van der Waals surface area contributed by atoms with Gasteiger partial charge in [-0.1, -0.05) is 13.8 Å². The van der Waals surface area contributed by atoms with Crippen LogP contribution in [0.5, 0.6) is 0 Å². The topological polar surface area (TPSA) is 27.1 Å². The lowest BCUT2D eigenvalue weighted by atomic mass is 10.1. The van der Waals surface area contributed by atoms with Gasteiger partial charge in [0.25, 0.3) is 0 Å². The summed E-state index contributed by atoms with van der Waals surface area (Å²) < 4.78 is 0. The minimum absolute atomic E-state index is 0.628. The summed E-state index contributed by atoms with van der Waals surface area (Å²) in [5.41, 5.74) is 0. The van der Waals surface area contributed by atoms with Gasteiger partial charge >= 0.3 is 0 Å². The van der Waals surface area contributed by atoms with Crippen LogP contribution >= 0.6 is 0 Å². The fourth-order valence-electron chi connectivity index (χ4n) is 1.50. The highest BCUT2D eigenvalue weighted by atomic mass is 15.2. The average Bonchev–Trinajstić information content (AvgIpc) is 2.35. The van der Waals surface area contributed by atoms with Crippen LogP contribution in [-0.4, -0.2) is 23.8 Å². The van der Waals surface area contributed by atoms with Gasteiger partial charge in [-0.05, 0) is 18.8 Å². The van der Waals surface area contributed by atoms with Gasteiger partial charge in [0, 0.05) is 19.5 Å². The van der Waals surface area contributed by atoms with Crippen LogP contribution in [0.3, 0.4) is 0 Å². The normalized spacial score (nSPS) is 17.9. The predicted molar refractivity (Wildman–Crippen MR) is 48.0 cm³/mol. The maximum atomic E-state index is 7.74. The molecule has 0 amide bonds. The van der Waals surface area contributed by atoms with Crippen molar-refractivity contribution in [3.05, 3.63) is 0 Å². The summed E-state index contributed by atoms with van der Waals surface area (Å²) in [5.74, 6) is 1.47. The first-order chi connectivity index (χ1) is 5.20. The van der Waals surface area contributed by atoms with Crippen molar-refractivity contribution in [2.24, 2.45) is 5.92 Å². The van der Waals surface area contributed by atoms with E-state index in [-0.39, 0.29) is 0 Å². The quantitative estimate of drug-likeness (QED) is 0.478. The van der Waals surface area contributed by atoms with Crippen LogP contribution < -0.4 is 0 Å². The van der Waals surface area contributed by atoms with Gasteiger partial charge in [-0.3, -0.25) is 5.41 Å². The van der Waals surface area contributed by atoms with Crippen LogP contribution in [0.2, 0.25) is 0 Å². The zero-order valence-electron chi connectivity index (χ0n) is 7.56. The molecule has 0 bridgehead atoms. The highest BCUT2D eigenvalue weighted by Gasteiger charge is 2.14. The molecule has 0 spiro atoms. The lowest BCUT2D eigenvalue weighted by molar-refractivity contribution is 0.485. The number of likely N-dealkylation sites (tertiary alicyclic amines) is 1. The maximum Gasteiger partial charge on any atom is 0.0960 e. The molecule has 64 valence electrons. The molecular formula is C9H18N2. The standard InChI is InChI=1S/C9H18N2/c1-8(2)7-9(10)11-5-3-4-6-11/h8,10H,3-7H2,1-2H3. The SMILES string of the molecule is CC(C)CC(=N)N1CCCC1. The van der Waals surface area contributed by atoms with Crippen molar-refractivity contribution < 1.29 is 0 Å². The van der Waals surface area contributed by atoms with Gasteiger partial charge in [0.1, 0.15) is 0 Å². The Morgan fingerprint density at radius 1 is 1.36 bits per heavy atom. The Kier molecular flexibility index (Phi) is 2.92. The molecule has 1 aliphatic heterocycles. The Hall–Kier alpha value is -0.530. The summed E-state index contributed by atoms with van der Waals surface area (Å²) in [6.07, 6.45) is 3.50. The van der Waals surface area contributed by atoms with Crippen molar-refractivity contribution in [1.82, 2.24) is 4.90 Å². The van der Waals surface area contributed by atoms with E-state index in [9.17, 15) is 0 Å². The first kappa shape index (κ1) is 8.57. The number of nitrogens with zero attached hydrogens (tertiary/aromatic N) is 1. The van der Waals surface area contributed by atoms with Gasteiger partial charge in [0.15, 0.2) is 0 Å². The van der Waals surface area contributed by atoms with E-state index in [1.54, 1.807) is 0 Å². The Labute approximate surface area is 69.1 Å². The van der Waals surface area contributed by atoms with Gasteiger partial charge in [0.2, 0.25) is 0 Å². The average molecular weight is 154 g/mol. The predicted octanol–water partition coefficient (Wildman–Crippen LogP) is 2.11. The summed E-state index contributed by atoms with van der Waals surface area (Å²) in [7, 11) is 0. The molecule has 0 aliphatic carbocycles. The minimum atomic E-state index is 0.628. The third-order valence-corrected chi connectivity index (χ3v) is 2.09. The third kappa shape index (κ3) is 2.52. The molecule has 1 rings (SSSR count). The molecule has 1 heterocycles. The minimum Gasteiger partial charge on any atom is -0.361 e. The van der Waals surface area contributed by atoms with Crippen molar-refractivity contribution in [1.29, 1.82) is 5.41 Å². The van der Waals surface area contributed by atoms with Crippen molar-refractivity contribution in [3.8, 4) is 0 Å². The van der Waals surface area contributed by atoms with Gasteiger partial charge in [-0.2, -0.15) is 0 Å². The van der Waals surface area contributed by atoms with E-state index in [1.165, 1.54) is 12.8 Å². The number of hydrogen-bond donors (Lipinski definition) is 1. The molecule has 0 aromatic heterocycles. The molecule has 2 nitrogen and oxygen atoms in total. The van der Waals surface area contributed by atoms with Crippen LogP contribution in [-0.2, 0) is 0 Å². The van der Waals surface area contributed by atoms with E-state index in [0.29, 0.717) is 5.92 Å². The van der Waals surface area contributed by atoms with Crippen molar-refractivity contribution in [2.75, 3.05) is 13.1 Å². The molecular weight excluding hydrogens is 136 g/mol. The molecule has 0 atom stereocenters. The first-order valence-corrected chi connectivity index (χ1v) is 4.52. The molecule has 11 heavy (non-hydrogen) atoms. The summed E-state index contributed by atoms with van der Waals surface area (Å²) in [6.45, 7) is 6.58. The van der Waals surface area contributed by atoms with E-state index in [1.807, 2.05) is 0 Å². The molecule has 1 aliphatic rings. The number of rotatable bonds is 2. The fraction of sp³-hybridized carbons (Fsp3) is 0.889. The van der Waals surface area contributed by atoms with Crippen molar-refractivity contribution in [2.45, 2.75) is 33.1 Å². The molecule has 1 saturated heterocycles. The third-order valence-electron chi connectivity index (χ3n) is 2.09. The smallest absolute Gasteiger partial charge is 0.0960 e. The van der Waals surface area contributed by atoms with Crippen molar-refractivity contribution >= 4 is 5.84 Å². The summed E-state index contributed by atoms with van der Waals surface area (Å²) in [5, 5.41) is 7.74. The first-order valence-electron chi connectivity index (χ1n) is 4.52. The molecule has 1 fully saturated rings. The second-order valence-electron chi connectivity index (χ2n) is 3.74. The molecule has 0 aromatic rings. The monoisotopic (exact) mass is 154 g/mol. The second kappa shape index (κ2) is 3.74. The van der Waals surface area contributed by atoms with Crippen LogP contribution in [0.25, 0.3) is 0 Å². The highest BCUT2D eigenvalue weighted by molar-refractivity contribution is 5.79. The second-order valence-corrected chi connectivity index (χ2v) is 3.74. The van der Waals surface area contributed by atoms with Gasteiger partial charge in [0.05, 0.1) is 5.84 Å². The Morgan fingerprint density at radius 2 is 1.91 bits per heavy atom. The lowest BCUT2D eigenvalue weighted by Gasteiger charge is -2.19. The number of hydrogen-bond acceptors (Lipinski definition) is 1. The molecule has 0 radical (unpaired) electrons. The number of amidine groups is 1. The van der Waals surface area contributed by atoms with E-state index < -0.39 is 0 Å². The van der Waals surface area contributed by atoms with E-state index in [4.69, 9.17) is 5.41 Å². The lowest BCUT2D eigenvalue weighted by Crippen LogP contribution is -2.27. The van der Waals surface area contributed by atoms with Crippen LogP contribution in [0.15, 0.2) is 0 Å². The Morgan fingerprint density at radius 3 is 2.36 bits per heavy atom. The van der Waals surface area contributed by atoms with Gasteiger partial charge in [-0.25, -0.2) is 0 Å². The molecule has 0 saturated carbocycles. The van der Waals surface area contributed by atoms with Gasteiger partial charge in [-0.15, -0.1) is 0 Å². The Bertz CT molecular complexity index is 134. The Balaban J connectivity index is 2.28. The molecule has 0 unspecified atom stereocenters. The van der Waals surface area contributed by atoms with E-state index >= 15 is 0 Å². The zero-order chi connectivity index (χ0) is 8.27. The number of nitrogens with one attached hydrogen (secondary N) is 1. The summed E-state index contributed by atoms with van der Waals surface area (Å²) in [4.78, 5) is 2.21. The summed E-state index contributed by atoms with van der Waals surface area (Å²) in [6, 6.07) is 0. The van der Waals surface area contributed by atoms with Crippen molar-refractivity contribution in [3.63, 3.8) is 0 Å². The molecule has 1 N–H and O–H groups in total. The molecule has 0 aromatic carbocycles. The fourth-order valence-corrected chi connectivity index (χ4v) is 1.50. The van der Waals surface area contributed by atoms with E-state index in [2.05, 4.69) is 18.7 Å². The summed E-state index contributed by atoms with van der Waals surface area (Å²) >= 11 is 0. The van der Waals surface area contributed by atoms with E-state index in [0.717, 1.165) is 25.3 Å². The largest absolute Gasteiger partial charge is 0.361 e. The highest BCUT2D eigenvalue weighted by Crippen LogP contribution is 2.11. The zero-order valence-corrected chi connectivity index (χ0v) is 7.56. The maximum absolute atomic E-state index is 7.74. The van der Waals surface area contributed by atoms with Gasteiger partial charge < -0.3 is 4.90 Å². The van der Waals surface area contributed by atoms with Crippen LogP contribution in [0, 0.1) is 11.3 Å². The molecule has 2 heteroatoms. The van der Waals surface area contributed by atoms with Crippen LogP contribution in [0.4, 0.5) is 0 Å².